The molecule has 2 heterocycles. The van der Waals surface area contributed by atoms with Crippen LogP contribution in [-0.2, 0) is 16.2 Å². The van der Waals surface area contributed by atoms with E-state index in [2.05, 4.69) is 27.0 Å². The Hall–Kier alpha value is -3.75. The molecule has 3 aromatic carbocycles. The van der Waals surface area contributed by atoms with Crippen LogP contribution < -0.4 is 9.64 Å². The van der Waals surface area contributed by atoms with Gasteiger partial charge in [-0.15, -0.1) is 11.3 Å². The summed E-state index contributed by atoms with van der Waals surface area (Å²) in [6.45, 7) is 2.44. The smallest absolute Gasteiger partial charge is 0.301 e. The third-order valence-electron chi connectivity index (χ3n) is 5.85. The molecule has 36 heavy (non-hydrogen) atoms. The fourth-order valence-electron chi connectivity index (χ4n) is 4.19. The molecule has 5 rings (SSSR count). The third-order valence-corrected chi connectivity index (χ3v) is 7.11. The Balaban J connectivity index is 1.49. The molecule has 0 spiro atoms. The summed E-state index contributed by atoms with van der Waals surface area (Å²) in [6, 6.07) is 21.4. The number of amides is 1. The van der Waals surface area contributed by atoms with E-state index in [4.69, 9.17) is 4.74 Å². The lowest BCUT2D eigenvalue weighted by Crippen LogP contribution is -2.29. The first kappa shape index (κ1) is 24.0. The Labute approximate surface area is 220 Å². The van der Waals surface area contributed by atoms with Gasteiger partial charge in [0.1, 0.15) is 18.1 Å². The first-order valence-corrected chi connectivity index (χ1v) is 12.8. The fraction of sp³-hybridized carbons (Fsp3) is 0.107. The average Bonchev–Trinajstić information content (AvgIpc) is 3.49. The van der Waals surface area contributed by atoms with Crippen molar-refractivity contribution in [3.63, 3.8) is 0 Å². The molecule has 1 unspecified atom stereocenters. The molecule has 0 aliphatic carbocycles. The SMILES string of the molecule is Cc1cccc(COc2ccc(/C(O)=C3\C(=O)C(=O)N(c4nccs4)C3c3cccc(Br)c3)cc2)c1. The number of rotatable bonds is 6. The summed E-state index contributed by atoms with van der Waals surface area (Å²) in [6.07, 6.45) is 1.58. The highest BCUT2D eigenvalue weighted by molar-refractivity contribution is 9.10. The van der Waals surface area contributed by atoms with Crippen molar-refractivity contribution < 1.29 is 19.4 Å². The van der Waals surface area contributed by atoms with Crippen molar-refractivity contribution in [2.75, 3.05) is 4.90 Å². The zero-order valence-corrected chi connectivity index (χ0v) is 21.6. The van der Waals surface area contributed by atoms with Crippen LogP contribution in [0.5, 0.6) is 5.75 Å². The summed E-state index contributed by atoms with van der Waals surface area (Å²) >= 11 is 4.71. The molecule has 0 bridgehead atoms. The van der Waals surface area contributed by atoms with E-state index in [9.17, 15) is 14.7 Å². The van der Waals surface area contributed by atoms with Crippen LogP contribution in [0.15, 0.2) is 94.4 Å². The van der Waals surface area contributed by atoms with Gasteiger partial charge in [0.2, 0.25) is 0 Å². The van der Waals surface area contributed by atoms with Crippen LogP contribution in [0.1, 0.15) is 28.3 Å². The second kappa shape index (κ2) is 10.1. The van der Waals surface area contributed by atoms with E-state index in [1.165, 1.54) is 16.2 Å². The van der Waals surface area contributed by atoms with Crippen molar-refractivity contribution >= 4 is 49.8 Å². The van der Waals surface area contributed by atoms with Crippen molar-refractivity contribution in [3.05, 3.63) is 117 Å². The summed E-state index contributed by atoms with van der Waals surface area (Å²) in [5, 5.41) is 13.4. The van der Waals surface area contributed by atoms with Crippen LogP contribution in [0.2, 0.25) is 0 Å². The molecule has 1 aromatic heterocycles. The van der Waals surface area contributed by atoms with Gasteiger partial charge in [0, 0.05) is 21.6 Å². The molecule has 1 aliphatic rings. The van der Waals surface area contributed by atoms with E-state index >= 15 is 0 Å². The number of thiazole rings is 1. The number of aryl methyl sites for hydroxylation is 1. The predicted molar refractivity (Wildman–Crippen MR) is 143 cm³/mol. The molecule has 1 aliphatic heterocycles. The third kappa shape index (κ3) is 4.69. The first-order chi connectivity index (χ1) is 17.4. The van der Waals surface area contributed by atoms with Gasteiger partial charge in [-0.05, 0) is 54.4 Å². The van der Waals surface area contributed by atoms with Crippen LogP contribution >= 0.6 is 27.3 Å². The largest absolute Gasteiger partial charge is 0.507 e. The van der Waals surface area contributed by atoms with Gasteiger partial charge in [-0.25, -0.2) is 4.98 Å². The maximum atomic E-state index is 13.2. The van der Waals surface area contributed by atoms with Gasteiger partial charge in [-0.2, -0.15) is 0 Å². The zero-order chi connectivity index (χ0) is 25.2. The quantitative estimate of drug-likeness (QED) is 0.167. The minimum atomic E-state index is -0.814. The number of halogens is 1. The van der Waals surface area contributed by atoms with Crippen molar-refractivity contribution in [1.29, 1.82) is 0 Å². The van der Waals surface area contributed by atoms with Gasteiger partial charge in [0.15, 0.2) is 5.13 Å². The molecule has 1 N–H and O–H groups in total. The van der Waals surface area contributed by atoms with Crippen LogP contribution in [-0.4, -0.2) is 21.8 Å². The van der Waals surface area contributed by atoms with Crippen molar-refractivity contribution in [3.8, 4) is 5.75 Å². The van der Waals surface area contributed by atoms with Gasteiger partial charge in [0.05, 0.1) is 11.6 Å². The highest BCUT2D eigenvalue weighted by Gasteiger charge is 2.48. The highest BCUT2D eigenvalue weighted by atomic mass is 79.9. The maximum Gasteiger partial charge on any atom is 0.301 e. The Morgan fingerprint density at radius 1 is 1.08 bits per heavy atom. The number of hydrogen-bond donors (Lipinski definition) is 1. The number of ketones is 1. The summed E-state index contributed by atoms with van der Waals surface area (Å²) in [5.41, 5.74) is 3.32. The van der Waals surface area contributed by atoms with Crippen LogP contribution in [0, 0.1) is 6.92 Å². The monoisotopic (exact) mass is 560 g/mol. The number of Topliss-reactive ketones (excluding diaryl/α,β-unsaturated/α-hetero) is 1. The van der Waals surface area contributed by atoms with E-state index in [1.54, 1.807) is 35.8 Å². The van der Waals surface area contributed by atoms with Gasteiger partial charge in [0.25, 0.3) is 5.78 Å². The molecule has 0 saturated carbocycles. The highest BCUT2D eigenvalue weighted by Crippen LogP contribution is 2.43. The number of anilines is 1. The zero-order valence-electron chi connectivity index (χ0n) is 19.2. The number of aromatic nitrogens is 1. The molecule has 0 radical (unpaired) electrons. The lowest BCUT2D eigenvalue weighted by Gasteiger charge is -2.23. The van der Waals surface area contributed by atoms with Gasteiger partial charge < -0.3 is 9.84 Å². The van der Waals surface area contributed by atoms with E-state index in [-0.39, 0.29) is 11.3 Å². The Morgan fingerprint density at radius 3 is 2.56 bits per heavy atom. The van der Waals surface area contributed by atoms with Crippen molar-refractivity contribution in [1.82, 2.24) is 4.98 Å². The number of carbonyl (C=O) groups is 2. The molecule has 180 valence electrons. The van der Waals surface area contributed by atoms with Crippen molar-refractivity contribution in [2.24, 2.45) is 0 Å². The number of aliphatic hydroxyl groups is 1. The van der Waals surface area contributed by atoms with E-state index in [1.807, 2.05) is 49.4 Å². The second-order valence-electron chi connectivity index (χ2n) is 8.34. The van der Waals surface area contributed by atoms with Gasteiger partial charge in [-0.1, -0.05) is 57.9 Å². The number of carbonyl (C=O) groups excluding carboxylic acids is 2. The summed E-state index contributed by atoms with van der Waals surface area (Å²) in [4.78, 5) is 31.9. The summed E-state index contributed by atoms with van der Waals surface area (Å²) in [5.74, 6) is -1.11. The molecule has 1 fully saturated rings. The van der Waals surface area contributed by atoms with Crippen LogP contribution in [0.3, 0.4) is 0 Å². The summed E-state index contributed by atoms with van der Waals surface area (Å²) < 4.78 is 6.67. The van der Waals surface area contributed by atoms with Crippen LogP contribution in [0.25, 0.3) is 5.76 Å². The van der Waals surface area contributed by atoms with E-state index < -0.39 is 17.7 Å². The Kier molecular flexibility index (Phi) is 6.71. The van der Waals surface area contributed by atoms with E-state index in [0.29, 0.717) is 28.6 Å². The van der Waals surface area contributed by atoms with Gasteiger partial charge in [-0.3, -0.25) is 14.5 Å². The predicted octanol–water partition coefficient (Wildman–Crippen LogP) is 6.42. The fourth-order valence-corrected chi connectivity index (χ4v) is 5.27. The molecule has 1 amide bonds. The molecule has 1 saturated heterocycles. The minimum Gasteiger partial charge on any atom is -0.507 e. The molecule has 4 aromatic rings. The Bertz CT molecular complexity index is 1470. The normalized spacial score (nSPS) is 16.9. The van der Waals surface area contributed by atoms with Crippen LogP contribution in [0.4, 0.5) is 5.13 Å². The number of benzene rings is 3. The molecular formula is C28H21BrN2O4S. The lowest BCUT2D eigenvalue weighted by atomic mass is 9.95. The molecule has 8 heteroatoms. The standard InChI is InChI=1S/C28H21BrN2O4S/c1-17-4-2-5-18(14-17)16-35-22-10-8-19(9-11-22)25(32)23-24(20-6-3-7-21(29)15-20)31(27(34)26(23)33)28-30-12-13-36-28/h2-15,24,32H,16H2,1H3/b25-23+. The number of aliphatic hydroxyl groups excluding tert-OH is 1. The molecule has 1 atom stereocenters. The van der Waals surface area contributed by atoms with Gasteiger partial charge >= 0.3 is 5.91 Å². The van der Waals surface area contributed by atoms with E-state index in [0.717, 1.165) is 15.6 Å². The first-order valence-electron chi connectivity index (χ1n) is 11.2. The molecule has 6 nitrogen and oxygen atoms in total. The number of nitrogens with zero attached hydrogens (tertiary/aromatic N) is 2. The second-order valence-corrected chi connectivity index (χ2v) is 10.1. The Morgan fingerprint density at radius 2 is 1.86 bits per heavy atom. The number of ether oxygens (including phenoxy) is 1. The minimum absolute atomic E-state index is 0.0155. The molecular weight excluding hydrogens is 540 g/mol. The maximum absolute atomic E-state index is 13.2. The summed E-state index contributed by atoms with van der Waals surface area (Å²) in [7, 11) is 0. The number of hydrogen-bond acceptors (Lipinski definition) is 6. The lowest BCUT2D eigenvalue weighted by molar-refractivity contribution is -0.132. The topological polar surface area (TPSA) is 79.7 Å². The average molecular weight is 561 g/mol. The van der Waals surface area contributed by atoms with Crippen molar-refractivity contribution in [2.45, 2.75) is 19.6 Å².